The second kappa shape index (κ2) is 7.95. The summed E-state index contributed by atoms with van der Waals surface area (Å²) in [7, 11) is 1.66. The van der Waals surface area contributed by atoms with Crippen LogP contribution in [-0.4, -0.2) is 43.5 Å². The molecule has 0 aromatic heterocycles. The zero-order chi connectivity index (χ0) is 16.9. The summed E-state index contributed by atoms with van der Waals surface area (Å²) in [6.45, 7) is 5.88. The van der Waals surface area contributed by atoms with Crippen LogP contribution in [0.25, 0.3) is 0 Å². The maximum atomic E-state index is 12.3. The molecule has 0 spiro atoms. The molecule has 1 N–H and O–H groups in total. The highest BCUT2D eigenvalue weighted by atomic mass is 16.5. The Morgan fingerprint density at radius 2 is 2.22 bits per heavy atom. The molecular formula is C18H30N2O3. The van der Waals surface area contributed by atoms with E-state index in [0.29, 0.717) is 38.5 Å². The molecule has 0 bridgehead atoms. The van der Waals surface area contributed by atoms with Crippen molar-refractivity contribution in [3.8, 4) is 0 Å². The van der Waals surface area contributed by atoms with Crippen molar-refractivity contribution in [1.82, 2.24) is 10.2 Å². The van der Waals surface area contributed by atoms with Gasteiger partial charge in [-0.05, 0) is 31.6 Å². The molecule has 5 heteroatoms. The van der Waals surface area contributed by atoms with Crippen LogP contribution in [0.4, 0.5) is 0 Å². The summed E-state index contributed by atoms with van der Waals surface area (Å²) in [5, 5.41) is 3.12. The molecule has 2 amide bonds. The highest BCUT2D eigenvalue weighted by Crippen LogP contribution is 2.46. The first-order valence-electron chi connectivity index (χ1n) is 8.75. The summed E-state index contributed by atoms with van der Waals surface area (Å²) in [4.78, 5) is 26.3. The van der Waals surface area contributed by atoms with Crippen LogP contribution < -0.4 is 5.32 Å². The Bertz CT molecular complexity index is 473. The average Bonchev–Trinajstić information content (AvgIpc) is 2.52. The van der Waals surface area contributed by atoms with Gasteiger partial charge in [-0.15, -0.1) is 0 Å². The van der Waals surface area contributed by atoms with E-state index in [-0.39, 0.29) is 17.2 Å². The van der Waals surface area contributed by atoms with E-state index in [9.17, 15) is 9.59 Å². The molecule has 1 unspecified atom stereocenters. The van der Waals surface area contributed by atoms with Crippen LogP contribution in [0, 0.1) is 11.3 Å². The Hall–Kier alpha value is -1.36. The summed E-state index contributed by atoms with van der Waals surface area (Å²) < 4.78 is 5.16. The Labute approximate surface area is 139 Å². The highest BCUT2D eigenvalue weighted by molar-refractivity contribution is 5.80. The predicted molar refractivity (Wildman–Crippen MR) is 89.7 cm³/mol. The minimum absolute atomic E-state index is 0.0768. The van der Waals surface area contributed by atoms with Crippen LogP contribution >= 0.6 is 0 Å². The molecule has 0 aromatic carbocycles. The lowest BCUT2D eigenvalue weighted by atomic mass is 9.69. The fourth-order valence-corrected chi connectivity index (χ4v) is 3.69. The summed E-state index contributed by atoms with van der Waals surface area (Å²) in [5.74, 6) is 0.652. The zero-order valence-electron chi connectivity index (χ0n) is 14.7. The van der Waals surface area contributed by atoms with E-state index in [4.69, 9.17) is 4.74 Å². The molecule has 1 atom stereocenters. The van der Waals surface area contributed by atoms with Crippen molar-refractivity contribution in [1.29, 1.82) is 0 Å². The van der Waals surface area contributed by atoms with E-state index in [1.807, 2.05) is 4.90 Å². The zero-order valence-corrected chi connectivity index (χ0v) is 14.7. The molecule has 0 aromatic rings. The maximum Gasteiger partial charge on any atom is 0.226 e. The summed E-state index contributed by atoms with van der Waals surface area (Å²) in [5.41, 5.74) is 1.04. The lowest BCUT2D eigenvalue weighted by molar-refractivity contribution is -0.134. The Morgan fingerprint density at radius 1 is 1.43 bits per heavy atom. The highest BCUT2D eigenvalue weighted by Gasteiger charge is 2.44. The molecule has 0 radical (unpaired) electrons. The van der Waals surface area contributed by atoms with Crippen molar-refractivity contribution < 1.29 is 14.3 Å². The van der Waals surface area contributed by atoms with Gasteiger partial charge in [0, 0.05) is 44.2 Å². The third kappa shape index (κ3) is 4.34. The van der Waals surface area contributed by atoms with Gasteiger partial charge in [-0.1, -0.05) is 19.9 Å². The van der Waals surface area contributed by atoms with E-state index < -0.39 is 0 Å². The number of hydrogen-bond donors (Lipinski definition) is 1. The Morgan fingerprint density at radius 3 is 2.91 bits per heavy atom. The van der Waals surface area contributed by atoms with Gasteiger partial charge in [0.2, 0.25) is 11.8 Å². The average molecular weight is 322 g/mol. The van der Waals surface area contributed by atoms with E-state index >= 15 is 0 Å². The van der Waals surface area contributed by atoms with Crippen molar-refractivity contribution in [2.45, 2.75) is 52.4 Å². The van der Waals surface area contributed by atoms with Gasteiger partial charge < -0.3 is 15.0 Å². The predicted octanol–water partition coefficient (Wildman–Crippen LogP) is 2.47. The molecule has 2 rings (SSSR count). The number of amides is 2. The van der Waals surface area contributed by atoms with Crippen molar-refractivity contribution in [3.05, 3.63) is 11.8 Å². The first-order valence-corrected chi connectivity index (χ1v) is 8.75. The molecule has 5 nitrogen and oxygen atoms in total. The van der Waals surface area contributed by atoms with Gasteiger partial charge in [-0.25, -0.2) is 0 Å². The first-order chi connectivity index (χ1) is 11.0. The smallest absolute Gasteiger partial charge is 0.226 e. The molecule has 1 heterocycles. The SMILES string of the molecule is COCCN1C(=O)CCC2(CNC(=O)CC(C)C)CCCC=C12. The summed E-state index contributed by atoms with van der Waals surface area (Å²) in [6.07, 6.45) is 7.32. The van der Waals surface area contributed by atoms with Crippen LogP contribution in [0.15, 0.2) is 11.8 Å². The van der Waals surface area contributed by atoms with Crippen molar-refractivity contribution in [2.24, 2.45) is 11.3 Å². The number of carbonyl (C=O) groups excluding carboxylic acids is 2. The number of fused-ring (bicyclic) bond motifs is 1. The van der Waals surface area contributed by atoms with E-state index in [1.165, 1.54) is 0 Å². The quantitative estimate of drug-likeness (QED) is 0.783. The molecule has 2 aliphatic rings. The summed E-state index contributed by atoms with van der Waals surface area (Å²) >= 11 is 0. The number of rotatable bonds is 7. The Balaban J connectivity index is 2.10. The molecular weight excluding hydrogens is 292 g/mol. The largest absolute Gasteiger partial charge is 0.383 e. The van der Waals surface area contributed by atoms with Crippen LogP contribution in [0.1, 0.15) is 52.4 Å². The number of allylic oxidation sites excluding steroid dienone is 1. The van der Waals surface area contributed by atoms with Gasteiger partial charge in [0.15, 0.2) is 0 Å². The van der Waals surface area contributed by atoms with Crippen LogP contribution in [0.2, 0.25) is 0 Å². The number of methoxy groups -OCH3 is 1. The second-order valence-electron chi connectivity index (χ2n) is 7.17. The molecule has 1 fully saturated rings. The van der Waals surface area contributed by atoms with Crippen molar-refractivity contribution >= 4 is 11.8 Å². The number of nitrogens with zero attached hydrogens (tertiary/aromatic N) is 1. The molecule has 1 saturated heterocycles. The van der Waals surface area contributed by atoms with Gasteiger partial charge in [0.1, 0.15) is 0 Å². The Kier molecular flexibility index (Phi) is 6.22. The molecule has 0 saturated carbocycles. The number of carbonyl (C=O) groups is 2. The van der Waals surface area contributed by atoms with Crippen LogP contribution in [0.3, 0.4) is 0 Å². The number of ether oxygens (including phenoxy) is 1. The third-order valence-electron chi connectivity index (χ3n) is 4.89. The molecule has 23 heavy (non-hydrogen) atoms. The second-order valence-corrected chi connectivity index (χ2v) is 7.17. The van der Waals surface area contributed by atoms with Gasteiger partial charge in [-0.3, -0.25) is 9.59 Å². The fraction of sp³-hybridized carbons (Fsp3) is 0.778. The van der Waals surface area contributed by atoms with Crippen LogP contribution in [-0.2, 0) is 14.3 Å². The lowest BCUT2D eigenvalue weighted by Gasteiger charge is -2.47. The third-order valence-corrected chi connectivity index (χ3v) is 4.89. The molecule has 1 aliphatic carbocycles. The van der Waals surface area contributed by atoms with E-state index in [2.05, 4.69) is 25.2 Å². The fourth-order valence-electron chi connectivity index (χ4n) is 3.69. The topological polar surface area (TPSA) is 58.6 Å². The van der Waals surface area contributed by atoms with Gasteiger partial charge >= 0.3 is 0 Å². The maximum absolute atomic E-state index is 12.3. The number of likely N-dealkylation sites (tertiary alicyclic amines) is 1. The number of piperidine rings is 1. The summed E-state index contributed by atoms with van der Waals surface area (Å²) in [6, 6.07) is 0. The molecule has 130 valence electrons. The standard InChI is InChI=1S/C18H30N2O3/c1-14(2)12-16(21)19-13-18-8-5-4-6-15(18)20(10-11-23-3)17(22)7-9-18/h6,14H,4-5,7-13H2,1-3H3,(H,19,21). The van der Waals surface area contributed by atoms with Gasteiger partial charge in [0.25, 0.3) is 0 Å². The number of hydrogen-bond acceptors (Lipinski definition) is 3. The minimum atomic E-state index is -0.0768. The van der Waals surface area contributed by atoms with Gasteiger partial charge in [0.05, 0.1) is 6.61 Å². The van der Waals surface area contributed by atoms with E-state index in [1.54, 1.807) is 7.11 Å². The number of nitrogens with one attached hydrogen (secondary N) is 1. The monoisotopic (exact) mass is 322 g/mol. The first kappa shape index (κ1) is 18.0. The normalized spacial score (nSPS) is 24.4. The van der Waals surface area contributed by atoms with Crippen molar-refractivity contribution in [3.63, 3.8) is 0 Å². The van der Waals surface area contributed by atoms with Gasteiger partial charge in [-0.2, -0.15) is 0 Å². The minimum Gasteiger partial charge on any atom is -0.383 e. The van der Waals surface area contributed by atoms with Crippen LogP contribution in [0.5, 0.6) is 0 Å². The van der Waals surface area contributed by atoms with Crippen molar-refractivity contribution in [2.75, 3.05) is 26.8 Å². The van der Waals surface area contributed by atoms with E-state index in [0.717, 1.165) is 31.4 Å². The lowest BCUT2D eigenvalue weighted by Crippen LogP contribution is -2.51. The molecule has 1 aliphatic heterocycles.